The number of methoxy groups -OCH3 is 2. The lowest BCUT2D eigenvalue weighted by molar-refractivity contribution is -0.113. The maximum atomic E-state index is 14.6. The van der Waals surface area contributed by atoms with Gasteiger partial charge in [0.05, 0.1) is 42.2 Å². The summed E-state index contributed by atoms with van der Waals surface area (Å²) in [5, 5.41) is 3.85. The second kappa shape index (κ2) is 14.4. The van der Waals surface area contributed by atoms with Crippen molar-refractivity contribution >= 4 is 46.3 Å². The molecule has 0 bridgehead atoms. The number of anilines is 1. The van der Waals surface area contributed by atoms with Gasteiger partial charge in [0.25, 0.3) is 11.5 Å². The van der Waals surface area contributed by atoms with E-state index in [1.165, 1.54) is 16.2 Å². The molecular formula is C40H40N4O6S2. The number of amides is 1. The molecule has 0 radical (unpaired) electrons. The zero-order valence-electron chi connectivity index (χ0n) is 30.0. The van der Waals surface area contributed by atoms with E-state index >= 15 is 0 Å². The number of aryl methyl sites for hydroxylation is 2. The van der Waals surface area contributed by atoms with E-state index in [-0.39, 0.29) is 17.4 Å². The average molecular weight is 737 g/mol. The van der Waals surface area contributed by atoms with Crippen LogP contribution in [0.4, 0.5) is 5.69 Å². The number of rotatable bonds is 9. The number of carbonyl (C=O) groups is 2. The minimum absolute atomic E-state index is 0.285. The summed E-state index contributed by atoms with van der Waals surface area (Å²) in [6.45, 7) is 7.93. The summed E-state index contributed by atoms with van der Waals surface area (Å²) in [4.78, 5) is 48.5. The highest BCUT2D eigenvalue weighted by atomic mass is 32.1. The molecule has 0 saturated heterocycles. The molecule has 10 nitrogen and oxygen atoms in total. The first kappa shape index (κ1) is 35.2. The fraction of sp³-hybridized carbons (Fsp3) is 0.300. The van der Waals surface area contributed by atoms with Crippen LogP contribution in [0.1, 0.15) is 76.0 Å². The van der Waals surface area contributed by atoms with E-state index in [4.69, 9.17) is 19.2 Å². The Morgan fingerprint density at radius 1 is 1.00 bits per heavy atom. The van der Waals surface area contributed by atoms with Crippen molar-refractivity contribution in [2.75, 3.05) is 26.1 Å². The second-order valence-electron chi connectivity index (χ2n) is 12.8. The second-order valence-corrected chi connectivity index (χ2v) is 14.9. The van der Waals surface area contributed by atoms with Gasteiger partial charge in [-0.1, -0.05) is 29.5 Å². The van der Waals surface area contributed by atoms with Crippen molar-refractivity contribution in [2.24, 2.45) is 4.99 Å². The molecule has 0 unspecified atom stereocenters. The highest BCUT2D eigenvalue weighted by Gasteiger charge is 2.35. The van der Waals surface area contributed by atoms with Crippen molar-refractivity contribution < 1.29 is 23.8 Å². The van der Waals surface area contributed by atoms with Crippen LogP contribution in [-0.4, -0.2) is 41.8 Å². The number of nitrogens with one attached hydrogen (secondary N) is 1. The van der Waals surface area contributed by atoms with Crippen LogP contribution in [0.3, 0.4) is 0 Å². The zero-order chi connectivity index (χ0) is 36.7. The first-order valence-electron chi connectivity index (χ1n) is 17.3. The molecular weight excluding hydrogens is 697 g/mol. The number of ether oxygens (including phenoxy) is 3. The Morgan fingerprint density at radius 3 is 2.50 bits per heavy atom. The number of carbonyl (C=O) groups excluding carboxylic acids is 2. The number of hydrogen-bond acceptors (Lipinski definition) is 9. The number of para-hydroxylation sites is 1. The smallest absolute Gasteiger partial charge is 0.341 e. The van der Waals surface area contributed by atoms with E-state index in [2.05, 4.69) is 9.88 Å². The molecule has 1 atom stereocenters. The Kier molecular flexibility index (Phi) is 9.78. The van der Waals surface area contributed by atoms with Gasteiger partial charge in [0.15, 0.2) is 4.80 Å². The molecule has 12 heteroatoms. The first-order chi connectivity index (χ1) is 25.1. The first-order valence-corrected chi connectivity index (χ1v) is 18.9. The lowest BCUT2D eigenvalue weighted by Gasteiger charge is -2.26. The quantitative estimate of drug-likeness (QED) is 0.175. The maximum absolute atomic E-state index is 14.6. The monoisotopic (exact) mass is 736 g/mol. The number of fused-ring (bicyclic) bond motifs is 2. The number of thiazole rings is 1. The molecule has 1 N–H and O–H groups in total. The molecule has 0 fully saturated rings. The van der Waals surface area contributed by atoms with Gasteiger partial charge in [0.2, 0.25) is 0 Å². The summed E-state index contributed by atoms with van der Waals surface area (Å²) >= 11 is 2.93. The van der Waals surface area contributed by atoms with E-state index in [0.717, 1.165) is 53.2 Å². The summed E-state index contributed by atoms with van der Waals surface area (Å²) in [5.74, 6) is 0.384. The fourth-order valence-corrected chi connectivity index (χ4v) is 9.71. The van der Waals surface area contributed by atoms with E-state index in [1.54, 1.807) is 49.2 Å². The molecule has 52 heavy (non-hydrogen) atoms. The minimum Gasteiger partial charge on any atom is -0.497 e. The third-order valence-electron chi connectivity index (χ3n) is 9.63. The van der Waals surface area contributed by atoms with E-state index in [0.29, 0.717) is 55.5 Å². The van der Waals surface area contributed by atoms with E-state index in [1.807, 2.05) is 69.3 Å². The van der Waals surface area contributed by atoms with Gasteiger partial charge in [0.1, 0.15) is 22.5 Å². The highest BCUT2D eigenvalue weighted by Crippen LogP contribution is 2.40. The van der Waals surface area contributed by atoms with Crippen molar-refractivity contribution in [2.45, 2.75) is 59.4 Å². The van der Waals surface area contributed by atoms with E-state index in [9.17, 15) is 14.4 Å². The van der Waals surface area contributed by atoms with Crippen LogP contribution < -0.4 is 29.7 Å². The summed E-state index contributed by atoms with van der Waals surface area (Å²) in [7, 11) is 3.12. The number of esters is 1. The van der Waals surface area contributed by atoms with Gasteiger partial charge in [0, 0.05) is 33.6 Å². The molecule has 0 spiro atoms. The third-order valence-corrected chi connectivity index (χ3v) is 11.9. The van der Waals surface area contributed by atoms with Crippen molar-refractivity contribution in [1.29, 1.82) is 0 Å². The van der Waals surface area contributed by atoms with Gasteiger partial charge >= 0.3 is 5.97 Å². The highest BCUT2D eigenvalue weighted by molar-refractivity contribution is 7.15. The van der Waals surface area contributed by atoms with E-state index < -0.39 is 6.04 Å². The Labute approximate surface area is 309 Å². The van der Waals surface area contributed by atoms with Gasteiger partial charge in [-0.15, -0.1) is 11.3 Å². The van der Waals surface area contributed by atoms with Gasteiger partial charge in [-0.05, 0) is 101 Å². The number of hydrogen-bond donors (Lipinski definition) is 1. The number of nitrogens with zero attached hydrogens (tertiary/aromatic N) is 3. The van der Waals surface area contributed by atoms with Crippen molar-refractivity contribution in [3.8, 4) is 16.5 Å². The van der Waals surface area contributed by atoms with Gasteiger partial charge in [-0.2, -0.15) is 0 Å². The lowest BCUT2D eigenvalue weighted by Crippen LogP contribution is -2.40. The molecule has 1 amide bonds. The molecule has 1 aliphatic heterocycles. The number of allylic oxidation sites excluding steroid dienone is 1. The predicted molar refractivity (Wildman–Crippen MR) is 204 cm³/mol. The fourth-order valence-electron chi connectivity index (χ4n) is 7.18. The summed E-state index contributed by atoms with van der Waals surface area (Å²) in [6.07, 6.45) is 5.83. The third kappa shape index (κ3) is 6.19. The van der Waals surface area contributed by atoms with Crippen LogP contribution >= 0.6 is 22.7 Å². The zero-order valence-corrected chi connectivity index (χ0v) is 31.6. The van der Waals surface area contributed by atoms with Crippen molar-refractivity contribution in [1.82, 2.24) is 9.13 Å². The molecule has 2 aromatic carbocycles. The number of thiophene rings is 1. The average Bonchev–Trinajstić information content (AvgIpc) is 3.76. The van der Waals surface area contributed by atoms with Crippen LogP contribution in [-0.2, 0) is 22.4 Å². The molecule has 2 aliphatic rings. The van der Waals surface area contributed by atoms with Crippen LogP contribution in [0.5, 0.6) is 11.5 Å². The minimum atomic E-state index is -0.833. The molecule has 5 aromatic rings. The Morgan fingerprint density at radius 2 is 1.77 bits per heavy atom. The summed E-state index contributed by atoms with van der Waals surface area (Å²) < 4.78 is 21.0. The Balaban J connectivity index is 1.38. The van der Waals surface area contributed by atoms with Crippen LogP contribution in [0.25, 0.3) is 11.1 Å². The predicted octanol–water partition coefficient (Wildman–Crippen LogP) is 6.42. The topological polar surface area (TPSA) is 113 Å². The van der Waals surface area contributed by atoms with Gasteiger partial charge < -0.3 is 24.1 Å². The van der Waals surface area contributed by atoms with Crippen LogP contribution in [0.2, 0.25) is 0 Å². The lowest BCUT2D eigenvalue weighted by atomic mass is 9.94. The van der Waals surface area contributed by atoms with Crippen molar-refractivity contribution in [3.05, 3.63) is 124 Å². The molecule has 0 saturated carbocycles. The molecule has 268 valence electrons. The Bertz CT molecular complexity index is 2430. The van der Waals surface area contributed by atoms with Crippen molar-refractivity contribution in [3.63, 3.8) is 0 Å². The van der Waals surface area contributed by atoms with Gasteiger partial charge in [-0.25, -0.2) is 9.79 Å². The SMILES string of the molecule is CCOC(=O)c1c(-n2c(C)cc(/C=c3\sc4n(c3=O)[C@@H](c3ccc(OC)cc3OC)C(C(=O)Nc3ccccc3)=C(C)N=4)c2C)sc2c1CCCC2. The van der Waals surface area contributed by atoms with Gasteiger partial charge in [-0.3, -0.25) is 14.2 Å². The normalized spacial score (nSPS) is 15.5. The summed E-state index contributed by atoms with van der Waals surface area (Å²) in [6, 6.07) is 15.7. The maximum Gasteiger partial charge on any atom is 0.341 e. The number of benzene rings is 2. The molecule has 4 heterocycles. The van der Waals surface area contributed by atoms with Crippen LogP contribution in [0.15, 0.2) is 75.7 Å². The largest absolute Gasteiger partial charge is 0.497 e. The standard InChI is InChI=1S/C40H40N4O6S2/c1-7-50-39(47)34-29-15-11-12-16-31(29)51-38(34)43-22(2)19-25(24(43)4)20-32-37(46)44-35(28-18-17-27(48-5)21-30(28)49-6)33(23(3)41-40(44)52-32)36(45)42-26-13-9-8-10-14-26/h8-10,13-14,17-21,35H,7,11-12,15-16H2,1-6H3,(H,42,45)/b32-20-/t35-/m0/s1. The summed E-state index contributed by atoms with van der Waals surface area (Å²) in [5.41, 5.74) is 6.23. The van der Waals surface area contributed by atoms with Crippen LogP contribution in [0, 0.1) is 13.8 Å². The molecule has 3 aromatic heterocycles. The number of aromatic nitrogens is 2. The molecule has 7 rings (SSSR count). The Hall–Kier alpha value is -5.20. The molecule has 1 aliphatic carbocycles.